The topological polar surface area (TPSA) is 129 Å². The number of carbonyl (C=O) groups is 1. The summed E-state index contributed by atoms with van der Waals surface area (Å²) in [5.74, 6) is -0.275. The third-order valence-electron chi connectivity index (χ3n) is 3.73. The highest BCUT2D eigenvalue weighted by Gasteiger charge is 2.10. The van der Waals surface area contributed by atoms with E-state index in [1.165, 1.54) is 30.5 Å². The molecule has 0 aliphatic carbocycles. The zero-order valence-corrected chi connectivity index (χ0v) is 14.7. The maximum Gasteiger partial charge on any atom is 0.294 e. The van der Waals surface area contributed by atoms with Crippen LogP contribution in [0.3, 0.4) is 0 Å². The molecule has 1 N–H and O–H groups in total. The summed E-state index contributed by atoms with van der Waals surface area (Å²) in [5.41, 5.74) is 2.91. The number of fused-ring (bicyclic) bond motifs is 1. The van der Waals surface area contributed by atoms with E-state index in [0.717, 1.165) is 4.73 Å². The van der Waals surface area contributed by atoms with Crippen LogP contribution in [0.1, 0.15) is 11.4 Å². The zero-order chi connectivity index (χ0) is 20.1. The third kappa shape index (κ3) is 4.18. The number of hydrogen-bond acceptors (Lipinski definition) is 7. The lowest BCUT2D eigenvalue weighted by molar-refractivity contribution is -0.384. The number of rotatable bonds is 6. The molecule has 3 rings (SSSR count). The Morgan fingerprint density at radius 1 is 1.29 bits per heavy atom. The molecule has 0 saturated heterocycles. The first kappa shape index (κ1) is 18.7. The predicted molar refractivity (Wildman–Crippen MR) is 101 cm³/mol. The Hall–Kier alpha value is -4.08. The maximum atomic E-state index is 12.4. The first-order valence-corrected chi connectivity index (χ1v) is 8.14. The molecule has 28 heavy (non-hydrogen) atoms. The van der Waals surface area contributed by atoms with Crippen molar-refractivity contribution in [1.29, 1.82) is 0 Å². The SMILES string of the molecule is Cc1nc2ccccc2c(=O)n1OCC(=O)N/N=C\c1ccc([N+](=O)[O-])cc1. The molecule has 2 aromatic carbocycles. The van der Waals surface area contributed by atoms with Crippen LogP contribution in [-0.2, 0) is 4.79 Å². The van der Waals surface area contributed by atoms with Crippen molar-refractivity contribution in [3.05, 3.63) is 80.4 Å². The summed E-state index contributed by atoms with van der Waals surface area (Å²) in [6.45, 7) is 1.15. The standard InChI is InChI=1S/C18H15N5O5/c1-12-20-16-5-3-2-4-15(16)18(25)22(12)28-11-17(24)21-19-10-13-6-8-14(9-7-13)23(26)27/h2-10H,11H2,1H3,(H,21,24)/b19-10-. The van der Waals surface area contributed by atoms with Gasteiger partial charge in [-0.05, 0) is 36.8 Å². The van der Waals surface area contributed by atoms with Gasteiger partial charge in [-0.3, -0.25) is 19.7 Å². The van der Waals surface area contributed by atoms with Crippen molar-refractivity contribution in [2.75, 3.05) is 6.61 Å². The Kier molecular flexibility index (Phi) is 5.40. The fourth-order valence-electron chi connectivity index (χ4n) is 2.40. The van der Waals surface area contributed by atoms with Gasteiger partial charge in [0.2, 0.25) is 0 Å². The van der Waals surface area contributed by atoms with E-state index < -0.39 is 23.0 Å². The van der Waals surface area contributed by atoms with Gasteiger partial charge in [0, 0.05) is 12.1 Å². The largest absolute Gasteiger partial charge is 0.399 e. The summed E-state index contributed by atoms with van der Waals surface area (Å²) in [6.07, 6.45) is 1.33. The van der Waals surface area contributed by atoms with E-state index in [0.29, 0.717) is 22.3 Å². The lowest BCUT2D eigenvalue weighted by Gasteiger charge is -2.11. The fourth-order valence-corrected chi connectivity index (χ4v) is 2.40. The van der Waals surface area contributed by atoms with Crippen molar-refractivity contribution in [2.45, 2.75) is 6.92 Å². The summed E-state index contributed by atoms with van der Waals surface area (Å²) < 4.78 is 0.960. The summed E-state index contributed by atoms with van der Waals surface area (Å²) in [7, 11) is 0. The lowest BCUT2D eigenvalue weighted by atomic mass is 10.2. The number of non-ortho nitro benzene ring substituents is 1. The molecule has 1 amide bonds. The van der Waals surface area contributed by atoms with Gasteiger partial charge < -0.3 is 4.84 Å². The van der Waals surface area contributed by atoms with Crippen LogP contribution in [0.25, 0.3) is 10.9 Å². The highest BCUT2D eigenvalue weighted by Crippen LogP contribution is 2.10. The van der Waals surface area contributed by atoms with E-state index in [1.54, 1.807) is 31.2 Å². The minimum atomic E-state index is -0.586. The highest BCUT2D eigenvalue weighted by atomic mass is 16.7. The Bertz CT molecular complexity index is 1120. The molecule has 0 radical (unpaired) electrons. The molecular weight excluding hydrogens is 366 g/mol. The van der Waals surface area contributed by atoms with Crippen molar-refractivity contribution in [3.63, 3.8) is 0 Å². The van der Waals surface area contributed by atoms with Gasteiger partial charge in [-0.1, -0.05) is 12.1 Å². The average Bonchev–Trinajstić information content (AvgIpc) is 2.68. The number of hydrogen-bond donors (Lipinski definition) is 1. The molecule has 1 heterocycles. The van der Waals surface area contributed by atoms with Gasteiger partial charge in [-0.2, -0.15) is 5.10 Å². The average molecular weight is 381 g/mol. The second-order valence-electron chi connectivity index (χ2n) is 5.69. The first-order chi connectivity index (χ1) is 13.5. The molecule has 10 nitrogen and oxygen atoms in total. The molecule has 0 bridgehead atoms. The summed E-state index contributed by atoms with van der Waals surface area (Å²) in [6, 6.07) is 12.5. The van der Waals surface area contributed by atoms with E-state index in [2.05, 4.69) is 15.5 Å². The Morgan fingerprint density at radius 3 is 2.71 bits per heavy atom. The third-order valence-corrected chi connectivity index (χ3v) is 3.73. The van der Waals surface area contributed by atoms with Gasteiger partial charge in [-0.15, -0.1) is 4.73 Å². The normalized spacial score (nSPS) is 10.9. The van der Waals surface area contributed by atoms with Crippen LogP contribution in [0.4, 0.5) is 5.69 Å². The second kappa shape index (κ2) is 8.08. The van der Waals surface area contributed by atoms with Crippen molar-refractivity contribution in [1.82, 2.24) is 15.1 Å². The van der Waals surface area contributed by atoms with E-state index in [-0.39, 0.29) is 5.69 Å². The maximum absolute atomic E-state index is 12.4. The monoisotopic (exact) mass is 381 g/mol. The quantitative estimate of drug-likeness (QED) is 0.388. The van der Waals surface area contributed by atoms with Crippen LogP contribution in [0, 0.1) is 17.0 Å². The molecular formula is C18H15N5O5. The Morgan fingerprint density at radius 2 is 2.00 bits per heavy atom. The molecule has 3 aromatic rings. The molecule has 0 unspecified atom stereocenters. The predicted octanol–water partition coefficient (Wildman–Crippen LogP) is 1.19. The number of hydrazone groups is 1. The van der Waals surface area contributed by atoms with Crippen LogP contribution in [0.2, 0.25) is 0 Å². The number of nitrogens with zero attached hydrogens (tertiary/aromatic N) is 4. The van der Waals surface area contributed by atoms with Crippen LogP contribution in [-0.4, -0.2) is 33.4 Å². The highest BCUT2D eigenvalue weighted by molar-refractivity contribution is 5.83. The van der Waals surface area contributed by atoms with E-state index in [9.17, 15) is 19.7 Å². The Labute approximate surface area is 158 Å². The fraction of sp³-hybridized carbons (Fsp3) is 0.111. The van der Waals surface area contributed by atoms with Gasteiger partial charge in [0.1, 0.15) is 5.82 Å². The van der Waals surface area contributed by atoms with Gasteiger partial charge in [0.15, 0.2) is 6.61 Å². The van der Waals surface area contributed by atoms with Crippen LogP contribution < -0.4 is 15.8 Å². The smallest absolute Gasteiger partial charge is 0.294 e. The lowest BCUT2D eigenvalue weighted by Crippen LogP contribution is -2.35. The summed E-state index contributed by atoms with van der Waals surface area (Å²) in [5, 5.41) is 14.7. The van der Waals surface area contributed by atoms with Crippen molar-refractivity contribution in [3.8, 4) is 0 Å². The number of nitrogens with one attached hydrogen (secondary N) is 1. The molecule has 142 valence electrons. The van der Waals surface area contributed by atoms with Crippen LogP contribution in [0.5, 0.6) is 0 Å². The van der Waals surface area contributed by atoms with E-state index in [4.69, 9.17) is 4.84 Å². The van der Waals surface area contributed by atoms with Crippen LogP contribution >= 0.6 is 0 Å². The number of aryl methyl sites for hydroxylation is 1. The second-order valence-corrected chi connectivity index (χ2v) is 5.69. The molecule has 0 fully saturated rings. The van der Waals surface area contributed by atoms with Gasteiger partial charge in [0.25, 0.3) is 17.2 Å². The minimum absolute atomic E-state index is 0.0422. The van der Waals surface area contributed by atoms with E-state index >= 15 is 0 Å². The summed E-state index contributed by atoms with van der Waals surface area (Å²) >= 11 is 0. The number of nitro groups is 1. The molecule has 0 aliphatic heterocycles. The molecule has 10 heteroatoms. The Balaban J connectivity index is 1.61. The molecule has 0 atom stereocenters. The van der Waals surface area contributed by atoms with Crippen LogP contribution in [0.15, 0.2) is 58.4 Å². The zero-order valence-electron chi connectivity index (χ0n) is 14.7. The molecule has 0 aliphatic rings. The summed E-state index contributed by atoms with van der Waals surface area (Å²) in [4.78, 5) is 43.9. The van der Waals surface area contributed by atoms with Crippen molar-refractivity contribution in [2.24, 2.45) is 5.10 Å². The van der Waals surface area contributed by atoms with Gasteiger partial charge in [0.05, 0.1) is 22.0 Å². The number of benzene rings is 2. The number of carbonyl (C=O) groups excluding carboxylic acids is 1. The van der Waals surface area contributed by atoms with Gasteiger partial charge in [-0.25, -0.2) is 10.4 Å². The van der Waals surface area contributed by atoms with Crippen molar-refractivity contribution < 1.29 is 14.6 Å². The van der Waals surface area contributed by atoms with Gasteiger partial charge >= 0.3 is 0 Å². The van der Waals surface area contributed by atoms with Crippen molar-refractivity contribution >= 4 is 28.7 Å². The van der Waals surface area contributed by atoms with E-state index in [1.807, 2.05) is 0 Å². The number of nitro benzene ring substituents is 1. The molecule has 0 saturated carbocycles. The number of aromatic nitrogens is 2. The first-order valence-electron chi connectivity index (χ1n) is 8.14. The molecule has 0 spiro atoms. The number of para-hydroxylation sites is 1. The molecule has 1 aromatic heterocycles. The number of amides is 1. The minimum Gasteiger partial charge on any atom is -0.399 e.